The molecule has 1 saturated carbocycles. The molecule has 0 nitrogen and oxygen atoms in total. The molecule has 1 aliphatic carbocycles. The Hall–Kier alpha value is 0. The van der Waals surface area contributed by atoms with Gasteiger partial charge >= 0.3 is 0 Å². The number of hydrogen-bond donors (Lipinski definition) is 0. The van der Waals surface area contributed by atoms with Gasteiger partial charge in [0.05, 0.1) is 0 Å². The Labute approximate surface area is 135 Å². The highest BCUT2D eigenvalue weighted by molar-refractivity contribution is 4.71. The van der Waals surface area contributed by atoms with Gasteiger partial charge in [-0.25, -0.2) is 0 Å². The van der Waals surface area contributed by atoms with Crippen molar-refractivity contribution in [1.29, 1.82) is 0 Å². The average molecular weight is 295 g/mol. The first-order valence-corrected chi connectivity index (χ1v) is 10.3. The third-order valence-electron chi connectivity index (χ3n) is 5.72. The monoisotopic (exact) mass is 294 g/mol. The van der Waals surface area contributed by atoms with E-state index in [1.54, 1.807) is 0 Å². The maximum Gasteiger partial charge on any atom is -0.0388 e. The zero-order valence-electron chi connectivity index (χ0n) is 15.2. The van der Waals surface area contributed by atoms with E-state index in [-0.39, 0.29) is 0 Å². The van der Waals surface area contributed by atoms with Crippen LogP contribution in [0, 0.1) is 11.8 Å². The molecule has 0 bridgehead atoms. The Morgan fingerprint density at radius 3 is 1.67 bits per heavy atom. The van der Waals surface area contributed by atoms with Crippen LogP contribution in [-0.2, 0) is 0 Å². The minimum absolute atomic E-state index is 1.00. The fourth-order valence-corrected chi connectivity index (χ4v) is 4.07. The standard InChI is InChI=1S/C21H42/c1-3-4-5-6-7-8-9-10-11-12-14-17-20(2)21-18-15-13-16-19-21/h20-21H,3-19H2,1-2H3. The molecule has 0 N–H and O–H groups in total. The summed E-state index contributed by atoms with van der Waals surface area (Å²) in [6.07, 6.45) is 25.3. The van der Waals surface area contributed by atoms with Crippen molar-refractivity contribution >= 4 is 0 Å². The number of unbranched alkanes of at least 4 members (excludes halogenated alkanes) is 10. The summed E-state index contributed by atoms with van der Waals surface area (Å²) in [4.78, 5) is 0. The van der Waals surface area contributed by atoms with Gasteiger partial charge in [-0.2, -0.15) is 0 Å². The van der Waals surface area contributed by atoms with Crippen LogP contribution < -0.4 is 0 Å². The van der Waals surface area contributed by atoms with Gasteiger partial charge in [0.15, 0.2) is 0 Å². The van der Waals surface area contributed by atoms with Gasteiger partial charge in [-0.05, 0) is 11.8 Å². The smallest absolute Gasteiger partial charge is 0.0388 e. The van der Waals surface area contributed by atoms with Gasteiger partial charge < -0.3 is 0 Å². The van der Waals surface area contributed by atoms with E-state index in [9.17, 15) is 0 Å². The normalized spacial score (nSPS) is 18.0. The highest BCUT2D eigenvalue weighted by Gasteiger charge is 2.19. The Kier molecular flexibility index (Phi) is 12.4. The first-order chi connectivity index (χ1) is 10.3. The molecule has 21 heavy (non-hydrogen) atoms. The lowest BCUT2D eigenvalue weighted by molar-refractivity contribution is 0.247. The quantitative estimate of drug-likeness (QED) is 0.303. The molecular formula is C21H42. The second-order valence-electron chi connectivity index (χ2n) is 7.70. The summed E-state index contributed by atoms with van der Waals surface area (Å²) < 4.78 is 0. The predicted molar refractivity (Wildman–Crippen MR) is 96.8 cm³/mol. The van der Waals surface area contributed by atoms with Gasteiger partial charge in [-0.15, -0.1) is 0 Å². The summed E-state index contributed by atoms with van der Waals surface area (Å²) in [5.74, 6) is 2.07. The molecule has 126 valence electrons. The summed E-state index contributed by atoms with van der Waals surface area (Å²) in [6, 6.07) is 0. The minimum Gasteiger partial charge on any atom is -0.0654 e. The Morgan fingerprint density at radius 2 is 1.14 bits per heavy atom. The lowest BCUT2D eigenvalue weighted by Gasteiger charge is -2.27. The molecule has 0 amide bonds. The summed E-state index contributed by atoms with van der Waals surface area (Å²) >= 11 is 0. The molecule has 1 fully saturated rings. The summed E-state index contributed by atoms with van der Waals surface area (Å²) in [5, 5.41) is 0. The Balaban J connectivity index is 1.79. The van der Waals surface area contributed by atoms with Crippen LogP contribution in [0.5, 0.6) is 0 Å². The molecule has 0 radical (unpaired) electrons. The van der Waals surface area contributed by atoms with E-state index in [0.717, 1.165) is 11.8 Å². The molecule has 0 heterocycles. The number of rotatable bonds is 13. The van der Waals surface area contributed by atoms with Gasteiger partial charge in [-0.3, -0.25) is 0 Å². The molecule has 1 aliphatic rings. The SMILES string of the molecule is CCCCCCCCCCCCCC(C)C1CCCCC1. The third-order valence-corrected chi connectivity index (χ3v) is 5.72. The Bertz CT molecular complexity index is 202. The van der Waals surface area contributed by atoms with Crippen LogP contribution >= 0.6 is 0 Å². The highest BCUT2D eigenvalue weighted by Crippen LogP contribution is 2.32. The zero-order chi connectivity index (χ0) is 15.2. The molecule has 0 heteroatoms. The second-order valence-corrected chi connectivity index (χ2v) is 7.70. The van der Waals surface area contributed by atoms with Crippen LogP contribution in [0.3, 0.4) is 0 Å². The van der Waals surface area contributed by atoms with Crippen LogP contribution in [0.4, 0.5) is 0 Å². The predicted octanol–water partition coefficient (Wildman–Crippen LogP) is 7.90. The van der Waals surface area contributed by atoms with Crippen molar-refractivity contribution < 1.29 is 0 Å². The van der Waals surface area contributed by atoms with Crippen LogP contribution in [-0.4, -0.2) is 0 Å². The first kappa shape index (κ1) is 19.0. The average Bonchev–Trinajstić information content (AvgIpc) is 2.53. The van der Waals surface area contributed by atoms with Gasteiger partial charge in [0.2, 0.25) is 0 Å². The molecule has 1 unspecified atom stereocenters. The molecule has 1 rings (SSSR count). The van der Waals surface area contributed by atoms with Crippen molar-refractivity contribution in [2.24, 2.45) is 11.8 Å². The maximum atomic E-state index is 2.52. The van der Waals surface area contributed by atoms with E-state index < -0.39 is 0 Å². The molecule has 0 aromatic rings. The van der Waals surface area contributed by atoms with Gasteiger partial charge in [0.25, 0.3) is 0 Å². The lowest BCUT2D eigenvalue weighted by atomic mass is 9.79. The summed E-state index contributed by atoms with van der Waals surface area (Å²) in [6.45, 7) is 4.82. The highest BCUT2D eigenvalue weighted by atomic mass is 14.2. The molecule has 0 aromatic heterocycles. The van der Waals surface area contributed by atoms with Crippen molar-refractivity contribution in [2.45, 2.75) is 123 Å². The zero-order valence-corrected chi connectivity index (χ0v) is 15.2. The van der Waals surface area contributed by atoms with Gasteiger partial charge in [-0.1, -0.05) is 123 Å². The third kappa shape index (κ3) is 10.4. The van der Waals surface area contributed by atoms with Crippen molar-refractivity contribution in [3.05, 3.63) is 0 Å². The van der Waals surface area contributed by atoms with Crippen molar-refractivity contribution in [3.63, 3.8) is 0 Å². The van der Waals surface area contributed by atoms with E-state index >= 15 is 0 Å². The topological polar surface area (TPSA) is 0 Å². The van der Waals surface area contributed by atoms with E-state index in [0.29, 0.717) is 0 Å². The molecular weight excluding hydrogens is 252 g/mol. The summed E-state index contributed by atoms with van der Waals surface area (Å²) in [5.41, 5.74) is 0. The van der Waals surface area contributed by atoms with Gasteiger partial charge in [0.1, 0.15) is 0 Å². The maximum absolute atomic E-state index is 2.52. The lowest BCUT2D eigenvalue weighted by Crippen LogP contribution is -2.15. The van der Waals surface area contributed by atoms with Gasteiger partial charge in [0, 0.05) is 0 Å². The van der Waals surface area contributed by atoms with Crippen LogP contribution in [0.1, 0.15) is 123 Å². The summed E-state index contributed by atoms with van der Waals surface area (Å²) in [7, 11) is 0. The van der Waals surface area contributed by atoms with E-state index in [4.69, 9.17) is 0 Å². The fraction of sp³-hybridized carbons (Fsp3) is 1.00. The van der Waals surface area contributed by atoms with E-state index in [2.05, 4.69) is 13.8 Å². The largest absolute Gasteiger partial charge is 0.0654 e. The molecule has 0 aromatic carbocycles. The second kappa shape index (κ2) is 13.6. The molecule has 0 aliphatic heterocycles. The molecule has 0 saturated heterocycles. The molecule has 0 spiro atoms. The van der Waals surface area contributed by atoms with E-state index in [1.165, 1.54) is 109 Å². The number of hydrogen-bond acceptors (Lipinski definition) is 0. The van der Waals surface area contributed by atoms with Crippen molar-refractivity contribution in [3.8, 4) is 0 Å². The van der Waals surface area contributed by atoms with Crippen molar-refractivity contribution in [1.82, 2.24) is 0 Å². The van der Waals surface area contributed by atoms with Crippen LogP contribution in [0.15, 0.2) is 0 Å². The van der Waals surface area contributed by atoms with Crippen molar-refractivity contribution in [2.75, 3.05) is 0 Å². The minimum atomic E-state index is 1.00. The Morgan fingerprint density at radius 1 is 0.667 bits per heavy atom. The van der Waals surface area contributed by atoms with Crippen LogP contribution in [0.2, 0.25) is 0 Å². The molecule has 1 atom stereocenters. The van der Waals surface area contributed by atoms with E-state index in [1.807, 2.05) is 0 Å². The first-order valence-electron chi connectivity index (χ1n) is 10.3. The fourth-order valence-electron chi connectivity index (χ4n) is 4.07. The van der Waals surface area contributed by atoms with Crippen LogP contribution in [0.25, 0.3) is 0 Å².